The number of benzene rings is 1. The molecule has 24 heavy (non-hydrogen) atoms. The molecule has 134 valence electrons. The van der Waals surface area contributed by atoms with Gasteiger partial charge in [0.05, 0.1) is 40.5 Å². The Bertz CT molecular complexity index is 539. The van der Waals surface area contributed by atoms with Crippen LogP contribution in [0.5, 0.6) is 17.2 Å². The van der Waals surface area contributed by atoms with Gasteiger partial charge in [0.1, 0.15) is 0 Å². The number of ether oxygens (including phenoxy) is 4. The van der Waals surface area contributed by atoms with Crippen LogP contribution in [0.2, 0.25) is 0 Å². The van der Waals surface area contributed by atoms with Crippen LogP contribution in [-0.2, 0) is 16.0 Å². The molecule has 1 fully saturated rings. The van der Waals surface area contributed by atoms with Crippen LogP contribution in [0, 0.1) is 0 Å². The number of amides is 1. The number of nitrogens with zero attached hydrogens (tertiary/aromatic N) is 1. The largest absolute Gasteiger partial charge is 0.493 e. The number of rotatable bonds is 7. The van der Waals surface area contributed by atoms with Gasteiger partial charge in [-0.25, -0.2) is 0 Å². The number of morpholine rings is 1. The summed E-state index contributed by atoms with van der Waals surface area (Å²) in [4.78, 5) is 14.4. The average molecular weight is 338 g/mol. The highest BCUT2D eigenvalue weighted by molar-refractivity contribution is 5.79. The molecule has 0 aromatic heterocycles. The first-order valence-corrected chi connectivity index (χ1v) is 7.93. The van der Waals surface area contributed by atoms with E-state index in [1.165, 1.54) is 0 Å². The van der Waals surface area contributed by atoms with Crippen LogP contribution in [0.3, 0.4) is 0 Å². The van der Waals surface area contributed by atoms with Crippen molar-refractivity contribution in [1.82, 2.24) is 10.2 Å². The molecule has 1 saturated heterocycles. The van der Waals surface area contributed by atoms with Crippen molar-refractivity contribution in [2.24, 2.45) is 0 Å². The number of hydrogen-bond acceptors (Lipinski definition) is 6. The lowest BCUT2D eigenvalue weighted by atomic mass is 10.1. The number of carbonyl (C=O) groups is 1. The fourth-order valence-electron chi connectivity index (χ4n) is 2.70. The van der Waals surface area contributed by atoms with E-state index in [2.05, 4.69) is 10.2 Å². The third kappa shape index (κ3) is 4.75. The molecule has 0 radical (unpaired) electrons. The van der Waals surface area contributed by atoms with Crippen LogP contribution in [0.25, 0.3) is 0 Å². The highest BCUT2D eigenvalue weighted by Crippen LogP contribution is 2.38. The minimum absolute atomic E-state index is 0.0349. The third-order valence-corrected chi connectivity index (χ3v) is 3.96. The summed E-state index contributed by atoms with van der Waals surface area (Å²) in [6, 6.07) is 3.57. The summed E-state index contributed by atoms with van der Waals surface area (Å²) in [6.07, 6.45) is 0.270. The molecule has 2 rings (SSSR count). The Balaban J connectivity index is 1.95. The second-order valence-corrected chi connectivity index (χ2v) is 5.77. The minimum Gasteiger partial charge on any atom is -0.493 e. The SMILES string of the molecule is COc1cc(CC(=O)NC[C@@H]2CN(C)CCO2)cc(OC)c1OC. The van der Waals surface area contributed by atoms with Crippen molar-refractivity contribution in [2.75, 3.05) is 54.6 Å². The van der Waals surface area contributed by atoms with Crippen molar-refractivity contribution in [2.45, 2.75) is 12.5 Å². The fraction of sp³-hybridized carbons (Fsp3) is 0.588. The smallest absolute Gasteiger partial charge is 0.224 e. The molecule has 1 amide bonds. The predicted octanol–water partition coefficient (Wildman–Crippen LogP) is 0.702. The Hall–Kier alpha value is -1.99. The molecule has 7 heteroatoms. The van der Waals surface area contributed by atoms with Gasteiger partial charge in [0.2, 0.25) is 11.7 Å². The first-order valence-electron chi connectivity index (χ1n) is 7.93. The van der Waals surface area contributed by atoms with E-state index in [1.54, 1.807) is 33.5 Å². The molecule has 1 aliphatic heterocycles. The van der Waals surface area contributed by atoms with Crippen LogP contribution in [0.1, 0.15) is 5.56 Å². The first-order chi connectivity index (χ1) is 11.6. The summed E-state index contributed by atoms with van der Waals surface area (Å²) < 4.78 is 21.5. The first kappa shape index (κ1) is 18.4. The number of methoxy groups -OCH3 is 3. The molecule has 1 aromatic carbocycles. The second-order valence-electron chi connectivity index (χ2n) is 5.77. The van der Waals surface area contributed by atoms with Gasteiger partial charge >= 0.3 is 0 Å². The van der Waals surface area contributed by atoms with Crippen LogP contribution >= 0.6 is 0 Å². The Morgan fingerprint density at radius 3 is 2.46 bits per heavy atom. The van der Waals surface area contributed by atoms with E-state index in [9.17, 15) is 4.79 Å². The maximum Gasteiger partial charge on any atom is 0.224 e. The normalized spacial score (nSPS) is 18.1. The van der Waals surface area contributed by atoms with E-state index in [4.69, 9.17) is 18.9 Å². The molecule has 1 atom stereocenters. The Morgan fingerprint density at radius 1 is 1.25 bits per heavy atom. The van der Waals surface area contributed by atoms with Gasteiger partial charge in [0.15, 0.2) is 11.5 Å². The molecular weight excluding hydrogens is 312 g/mol. The molecule has 1 N–H and O–H groups in total. The average Bonchev–Trinajstić information content (AvgIpc) is 2.59. The van der Waals surface area contributed by atoms with E-state index >= 15 is 0 Å². The van der Waals surface area contributed by atoms with Crippen molar-refractivity contribution in [3.05, 3.63) is 17.7 Å². The molecule has 0 bridgehead atoms. The van der Waals surface area contributed by atoms with Crippen LogP contribution < -0.4 is 19.5 Å². The molecule has 0 spiro atoms. The topological polar surface area (TPSA) is 69.3 Å². The predicted molar refractivity (Wildman–Crippen MR) is 90.0 cm³/mol. The lowest BCUT2D eigenvalue weighted by molar-refractivity contribution is -0.121. The number of nitrogens with one attached hydrogen (secondary N) is 1. The fourth-order valence-corrected chi connectivity index (χ4v) is 2.70. The Labute approximate surface area is 142 Å². The number of hydrogen-bond donors (Lipinski definition) is 1. The maximum atomic E-state index is 12.2. The zero-order valence-corrected chi connectivity index (χ0v) is 14.8. The van der Waals surface area contributed by atoms with E-state index in [0.29, 0.717) is 30.4 Å². The zero-order valence-electron chi connectivity index (χ0n) is 14.8. The third-order valence-electron chi connectivity index (χ3n) is 3.96. The van der Waals surface area contributed by atoms with E-state index in [1.807, 2.05) is 7.05 Å². The van der Waals surface area contributed by atoms with E-state index < -0.39 is 0 Å². The quantitative estimate of drug-likeness (QED) is 0.789. The summed E-state index contributed by atoms with van der Waals surface area (Å²) in [5.41, 5.74) is 0.795. The molecule has 0 aliphatic carbocycles. The van der Waals surface area contributed by atoms with Gasteiger partial charge in [-0.05, 0) is 24.7 Å². The van der Waals surface area contributed by atoms with Crippen molar-refractivity contribution >= 4 is 5.91 Å². The monoisotopic (exact) mass is 338 g/mol. The highest BCUT2D eigenvalue weighted by atomic mass is 16.5. The highest BCUT2D eigenvalue weighted by Gasteiger charge is 2.19. The van der Waals surface area contributed by atoms with Gasteiger partial charge in [0.25, 0.3) is 0 Å². The number of carbonyl (C=O) groups excluding carboxylic acids is 1. The van der Waals surface area contributed by atoms with Crippen molar-refractivity contribution in [3.63, 3.8) is 0 Å². The van der Waals surface area contributed by atoms with Gasteiger partial charge in [-0.15, -0.1) is 0 Å². The number of likely N-dealkylation sites (N-methyl/N-ethyl adjacent to an activating group) is 1. The summed E-state index contributed by atoms with van der Waals surface area (Å²) in [5.74, 6) is 1.53. The van der Waals surface area contributed by atoms with Crippen LogP contribution in [0.4, 0.5) is 0 Å². The standard InChI is InChI=1S/C17H26N2O5/c1-19-5-6-24-13(11-19)10-18-16(20)9-12-7-14(21-2)17(23-4)15(8-12)22-3/h7-8,13H,5-6,9-11H2,1-4H3,(H,18,20)/t13-/m1/s1. The molecular formula is C17H26N2O5. The summed E-state index contributed by atoms with van der Waals surface area (Å²) in [6.45, 7) is 2.96. The summed E-state index contributed by atoms with van der Waals surface area (Å²) >= 11 is 0. The van der Waals surface area contributed by atoms with E-state index in [0.717, 1.165) is 18.7 Å². The molecule has 1 aromatic rings. The lowest BCUT2D eigenvalue weighted by Crippen LogP contribution is -2.46. The lowest BCUT2D eigenvalue weighted by Gasteiger charge is -2.30. The summed E-state index contributed by atoms with van der Waals surface area (Å²) in [5, 5.41) is 2.92. The van der Waals surface area contributed by atoms with Gasteiger partial charge in [-0.3, -0.25) is 4.79 Å². The van der Waals surface area contributed by atoms with Gasteiger partial charge in [-0.2, -0.15) is 0 Å². The minimum atomic E-state index is -0.0684. The summed E-state index contributed by atoms with van der Waals surface area (Å²) in [7, 11) is 6.71. The van der Waals surface area contributed by atoms with E-state index in [-0.39, 0.29) is 18.4 Å². The zero-order chi connectivity index (χ0) is 17.5. The Morgan fingerprint density at radius 2 is 1.92 bits per heavy atom. The van der Waals surface area contributed by atoms with Crippen molar-refractivity contribution in [3.8, 4) is 17.2 Å². The molecule has 1 heterocycles. The molecule has 7 nitrogen and oxygen atoms in total. The van der Waals surface area contributed by atoms with Crippen molar-refractivity contribution < 1.29 is 23.7 Å². The van der Waals surface area contributed by atoms with Crippen LogP contribution in [-0.4, -0.2) is 71.5 Å². The Kier molecular flexibility index (Phi) is 6.69. The van der Waals surface area contributed by atoms with Crippen molar-refractivity contribution in [1.29, 1.82) is 0 Å². The van der Waals surface area contributed by atoms with Gasteiger partial charge in [-0.1, -0.05) is 0 Å². The molecule has 0 unspecified atom stereocenters. The van der Waals surface area contributed by atoms with Crippen LogP contribution in [0.15, 0.2) is 12.1 Å². The molecule has 1 aliphatic rings. The second kappa shape index (κ2) is 8.75. The molecule has 0 saturated carbocycles. The van der Waals surface area contributed by atoms with Gasteiger partial charge < -0.3 is 29.2 Å². The maximum absolute atomic E-state index is 12.2. The van der Waals surface area contributed by atoms with Gasteiger partial charge in [0, 0.05) is 19.6 Å².